The lowest BCUT2D eigenvalue weighted by Gasteiger charge is -2.23. The molecular weight excluding hydrogens is 378 g/mol. The van der Waals surface area contributed by atoms with E-state index in [0.717, 1.165) is 30.3 Å². The average molecular weight is 408 g/mol. The number of aryl methyl sites for hydroxylation is 1. The first-order chi connectivity index (χ1) is 13.9. The largest absolute Gasteiger partial charge is 0.435 e. The molecular formula is C20H30F2N6O. The monoisotopic (exact) mass is 408 g/mol. The van der Waals surface area contributed by atoms with Crippen LogP contribution in [0, 0.1) is 5.92 Å². The highest BCUT2D eigenvalue weighted by Crippen LogP contribution is 2.15. The van der Waals surface area contributed by atoms with Crippen molar-refractivity contribution in [1.82, 2.24) is 25.0 Å². The first-order valence-electron chi connectivity index (χ1n) is 9.79. The molecule has 2 rings (SSSR count). The van der Waals surface area contributed by atoms with Gasteiger partial charge in [-0.2, -0.15) is 8.78 Å². The fraction of sp³-hybridized carbons (Fsp3) is 0.550. The second-order valence-corrected chi connectivity index (χ2v) is 7.16. The Bertz CT molecular complexity index is 761. The van der Waals surface area contributed by atoms with E-state index in [2.05, 4.69) is 41.0 Å². The zero-order valence-electron chi connectivity index (χ0n) is 17.5. The summed E-state index contributed by atoms with van der Waals surface area (Å²) < 4.78 is 31.0. The maximum atomic E-state index is 12.3. The van der Waals surface area contributed by atoms with E-state index in [1.165, 1.54) is 0 Å². The van der Waals surface area contributed by atoms with Gasteiger partial charge >= 0.3 is 6.61 Å². The lowest BCUT2D eigenvalue weighted by atomic mass is 10.2. The Morgan fingerprint density at radius 3 is 2.62 bits per heavy atom. The summed E-state index contributed by atoms with van der Waals surface area (Å²) in [5.41, 5.74) is 0.972. The van der Waals surface area contributed by atoms with Crippen LogP contribution in [0.5, 0.6) is 5.75 Å². The molecule has 0 saturated heterocycles. The van der Waals surface area contributed by atoms with Gasteiger partial charge in [-0.3, -0.25) is 4.99 Å². The van der Waals surface area contributed by atoms with E-state index < -0.39 is 6.61 Å². The molecule has 0 atom stereocenters. The number of nitrogens with one attached hydrogen (secondary N) is 1. The predicted octanol–water partition coefficient (Wildman–Crippen LogP) is 3.18. The minimum atomic E-state index is -2.82. The van der Waals surface area contributed by atoms with Gasteiger partial charge in [0, 0.05) is 39.6 Å². The summed E-state index contributed by atoms with van der Waals surface area (Å²) in [7, 11) is 1.95. The second-order valence-electron chi connectivity index (χ2n) is 7.16. The van der Waals surface area contributed by atoms with Gasteiger partial charge in [0.2, 0.25) is 0 Å². The normalized spacial score (nSPS) is 11.9. The Morgan fingerprint density at radius 2 is 2.00 bits per heavy atom. The van der Waals surface area contributed by atoms with Gasteiger partial charge in [0.15, 0.2) is 5.96 Å². The smallest absolute Gasteiger partial charge is 0.387 e. The molecule has 7 nitrogen and oxygen atoms in total. The van der Waals surface area contributed by atoms with Gasteiger partial charge in [-0.15, -0.1) is 10.2 Å². The van der Waals surface area contributed by atoms with Gasteiger partial charge in [0.25, 0.3) is 0 Å². The molecule has 0 aliphatic heterocycles. The van der Waals surface area contributed by atoms with Gasteiger partial charge in [-0.05, 0) is 23.6 Å². The number of hydrogen-bond acceptors (Lipinski definition) is 4. The molecule has 1 heterocycles. The van der Waals surface area contributed by atoms with Crippen molar-refractivity contribution in [2.45, 2.75) is 46.9 Å². The summed E-state index contributed by atoms with van der Waals surface area (Å²) in [6, 6.07) is 6.65. The molecule has 29 heavy (non-hydrogen) atoms. The highest BCUT2D eigenvalue weighted by atomic mass is 19.3. The zero-order chi connectivity index (χ0) is 21.2. The number of alkyl halides is 2. The van der Waals surface area contributed by atoms with Crippen molar-refractivity contribution in [2.75, 3.05) is 20.1 Å². The summed E-state index contributed by atoms with van der Waals surface area (Å²) in [5.74, 6) is 2.33. The Labute approximate surface area is 170 Å². The highest BCUT2D eigenvalue weighted by Gasteiger charge is 2.10. The van der Waals surface area contributed by atoms with Gasteiger partial charge in [-0.1, -0.05) is 32.9 Å². The van der Waals surface area contributed by atoms with Crippen molar-refractivity contribution in [2.24, 2.45) is 10.9 Å². The summed E-state index contributed by atoms with van der Waals surface area (Å²) in [4.78, 5) is 6.72. The van der Waals surface area contributed by atoms with Crippen molar-refractivity contribution >= 4 is 5.96 Å². The zero-order valence-corrected chi connectivity index (χ0v) is 17.5. The van der Waals surface area contributed by atoms with Gasteiger partial charge in [0.1, 0.15) is 17.9 Å². The molecule has 1 aromatic carbocycles. The van der Waals surface area contributed by atoms with E-state index in [4.69, 9.17) is 4.99 Å². The quantitative estimate of drug-likeness (QED) is 0.483. The fourth-order valence-electron chi connectivity index (χ4n) is 2.73. The van der Waals surface area contributed by atoms with Crippen LogP contribution in [0.3, 0.4) is 0 Å². The Kier molecular flexibility index (Phi) is 8.82. The molecule has 0 aliphatic rings. The van der Waals surface area contributed by atoms with Crippen LogP contribution in [-0.4, -0.2) is 52.4 Å². The minimum absolute atomic E-state index is 0.152. The number of rotatable bonds is 10. The SMILES string of the molecule is CCc1nncn1CCNC(=NCC(C)C)N(C)Cc1ccc(OC(F)F)cc1. The van der Waals surface area contributed by atoms with Crippen LogP contribution in [0.1, 0.15) is 32.2 Å². The van der Waals surface area contributed by atoms with Gasteiger partial charge < -0.3 is 19.5 Å². The molecule has 0 saturated carbocycles. The molecule has 0 bridgehead atoms. The van der Waals surface area contributed by atoms with Crippen LogP contribution in [0.4, 0.5) is 8.78 Å². The van der Waals surface area contributed by atoms with Crippen molar-refractivity contribution in [3.63, 3.8) is 0 Å². The summed E-state index contributed by atoms with van der Waals surface area (Å²) in [5, 5.41) is 11.4. The van der Waals surface area contributed by atoms with Crippen molar-refractivity contribution in [3.8, 4) is 5.75 Å². The molecule has 0 unspecified atom stereocenters. The van der Waals surface area contributed by atoms with E-state index in [1.807, 2.05) is 16.5 Å². The lowest BCUT2D eigenvalue weighted by Crippen LogP contribution is -2.40. The molecule has 160 valence electrons. The van der Waals surface area contributed by atoms with E-state index in [0.29, 0.717) is 25.6 Å². The molecule has 9 heteroatoms. The summed E-state index contributed by atoms with van der Waals surface area (Å²) in [6.45, 7) is 6.20. The molecule has 0 amide bonds. The maximum absolute atomic E-state index is 12.3. The maximum Gasteiger partial charge on any atom is 0.387 e. The second kappa shape index (κ2) is 11.3. The van der Waals surface area contributed by atoms with Crippen molar-refractivity contribution in [1.29, 1.82) is 0 Å². The van der Waals surface area contributed by atoms with E-state index in [1.54, 1.807) is 30.6 Å². The van der Waals surface area contributed by atoms with Crippen LogP contribution < -0.4 is 10.1 Å². The van der Waals surface area contributed by atoms with Crippen molar-refractivity contribution in [3.05, 3.63) is 42.0 Å². The number of halogens is 2. The minimum Gasteiger partial charge on any atom is -0.435 e. The third-order valence-electron chi connectivity index (χ3n) is 4.18. The number of guanidine groups is 1. The van der Waals surface area contributed by atoms with Crippen LogP contribution in [0.2, 0.25) is 0 Å². The standard InChI is InChI=1S/C20H30F2N6O/c1-5-18-26-25-14-28(18)11-10-23-20(24-12-15(2)3)27(4)13-16-6-8-17(9-7-16)29-19(21)22/h6-9,14-15,19H,5,10-13H2,1-4H3,(H,23,24). The molecule has 0 fully saturated rings. The number of aromatic nitrogens is 3. The lowest BCUT2D eigenvalue weighted by molar-refractivity contribution is -0.0498. The molecule has 2 aromatic rings. The van der Waals surface area contributed by atoms with Crippen LogP contribution in [0.25, 0.3) is 0 Å². The Hall–Kier alpha value is -2.71. The number of hydrogen-bond donors (Lipinski definition) is 1. The number of benzene rings is 1. The molecule has 1 N–H and O–H groups in total. The summed E-state index contributed by atoms with van der Waals surface area (Å²) >= 11 is 0. The predicted molar refractivity (Wildman–Crippen MR) is 109 cm³/mol. The number of ether oxygens (including phenoxy) is 1. The van der Waals surface area contributed by atoms with E-state index in [9.17, 15) is 8.78 Å². The number of nitrogens with zero attached hydrogens (tertiary/aromatic N) is 5. The Balaban J connectivity index is 1.97. The Morgan fingerprint density at radius 1 is 1.28 bits per heavy atom. The third-order valence-corrected chi connectivity index (χ3v) is 4.18. The average Bonchev–Trinajstić information content (AvgIpc) is 3.12. The molecule has 1 aromatic heterocycles. The summed E-state index contributed by atoms with van der Waals surface area (Å²) in [6.07, 6.45) is 2.57. The van der Waals surface area contributed by atoms with Gasteiger partial charge in [-0.25, -0.2) is 0 Å². The molecule has 0 aliphatic carbocycles. The fourth-order valence-corrected chi connectivity index (χ4v) is 2.73. The van der Waals surface area contributed by atoms with Crippen LogP contribution in [-0.2, 0) is 19.5 Å². The van der Waals surface area contributed by atoms with Gasteiger partial charge in [0.05, 0.1) is 0 Å². The van der Waals surface area contributed by atoms with Crippen LogP contribution in [0.15, 0.2) is 35.6 Å². The van der Waals surface area contributed by atoms with Crippen molar-refractivity contribution < 1.29 is 13.5 Å². The first kappa shape index (κ1) is 22.6. The topological polar surface area (TPSA) is 67.6 Å². The molecule has 0 radical (unpaired) electrons. The number of aliphatic imine (C=N–C) groups is 1. The van der Waals surface area contributed by atoms with E-state index >= 15 is 0 Å². The molecule has 0 spiro atoms. The third kappa shape index (κ3) is 7.67. The highest BCUT2D eigenvalue weighted by molar-refractivity contribution is 5.79. The van der Waals surface area contributed by atoms with E-state index in [-0.39, 0.29) is 5.75 Å². The van der Waals surface area contributed by atoms with Crippen LogP contribution >= 0.6 is 0 Å². The first-order valence-corrected chi connectivity index (χ1v) is 9.79.